The van der Waals surface area contributed by atoms with Crippen molar-refractivity contribution in [3.05, 3.63) is 53.9 Å². The third kappa shape index (κ3) is 3.22. The zero-order chi connectivity index (χ0) is 19.1. The van der Waals surface area contributed by atoms with Crippen LogP contribution in [-0.2, 0) is 0 Å². The van der Waals surface area contributed by atoms with Crippen molar-refractivity contribution < 1.29 is 14.1 Å². The Hall–Kier alpha value is -3.26. The molecule has 1 N–H and O–H groups in total. The monoisotopic (exact) mass is 392 g/mol. The Labute approximate surface area is 164 Å². The van der Waals surface area contributed by atoms with Gasteiger partial charge in [-0.3, -0.25) is 10.1 Å². The van der Waals surface area contributed by atoms with Crippen molar-refractivity contribution in [2.75, 3.05) is 12.4 Å². The highest BCUT2D eigenvalue weighted by Crippen LogP contribution is 2.39. The first-order chi connectivity index (χ1) is 13.7. The Morgan fingerprint density at radius 3 is 2.75 bits per heavy atom. The van der Waals surface area contributed by atoms with Crippen molar-refractivity contribution in [2.24, 2.45) is 0 Å². The van der Waals surface area contributed by atoms with Gasteiger partial charge in [0.15, 0.2) is 5.13 Å². The average molecular weight is 392 g/mol. The first-order valence-corrected chi connectivity index (χ1v) is 9.71. The molecule has 2 heterocycles. The number of thiazole rings is 1. The van der Waals surface area contributed by atoms with Crippen molar-refractivity contribution in [3.63, 3.8) is 0 Å². The number of hydrogen-bond acceptors (Lipinski definition) is 7. The van der Waals surface area contributed by atoms with Gasteiger partial charge in [-0.25, -0.2) is 4.98 Å². The van der Waals surface area contributed by atoms with Gasteiger partial charge in [0.2, 0.25) is 11.7 Å². The summed E-state index contributed by atoms with van der Waals surface area (Å²) in [6.07, 6.45) is 2.22. The van der Waals surface area contributed by atoms with Crippen molar-refractivity contribution in [1.82, 2.24) is 15.1 Å². The summed E-state index contributed by atoms with van der Waals surface area (Å²) in [5, 5.41) is 7.42. The molecule has 1 aliphatic carbocycles. The lowest BCUT2D eigenvalue weighted by Crippen LogP contribution is -2.11. The molecule has 0 radical (unpaired) electrons. The lowest BCUT2D eigenvalue weighted by Gasteiger charge is -2.02. The van der Waals surface area contributed by atoms with Crippen LogP contribution >= 0.6 is 11.3 Å². The largest absolute Gasteiger partial charge is 0.497 e. The summed E-state index contributed by atoms with van der Waals surface area (Å²) in [5.74, 6) is 2.21. The number of hydrogen-bond donors (Lipinski definition) is 1. The number of anilines is 1. The van der Waals surface area contributed by atoms with Crippen molar-refractivity contribution in [3.8, 4) is 17.1 Å². The smallest absolute Gasteiger partial charge is 0.257 e. The first kappa shape index (κ1) is 16.9. The van der Waals surface area contributed by atoms with Crippen LogP contribution in [0.15, 0.2) is 47.0 Å². The maximum atomic E-state index is 12.5. The number of rotatable bonds is 5. The van der Waals surface area contributed by atoms with Crippen molar-refractivity contribution >= 4 is 32.6 Å². The molecule has 2 aromatic heterocycles. The Balaban J connectivity index is 1.32. The maximum Gasteiger partial charge on any atom is 0.257 e. The van der Waals surface area contributed by atoms with Crippen LogP contribution in [0.4, 0.5) is 5.13 Å². The molecule has 0 atom stereocenters. The SMILES string of the molecule is COc1ccc2nc(NC(=O)c3ccc(-c4noc(C5CC5)n4)cc3)sc2c1. The molecule has 0 unspecified atom stereocenters. The third-order valence-corrected chi connectivity index (χ3v) is 5.52. The number of fused-ring (bicyclic) bond motifs is 1. The van der Waals surface area contributed by atoms with E-state index in [4.69, 9.17) is 9.26 Å². The minimum absolute atomic E-state index is 0.218. The summed E-state index contributed by atoms with van der Waals surface area (Å²) in [6.45, 7) is 0. The van der Waals surface area contributed by atoms with E-state index in [9.17, 15) is 4.79 Å². The predicted molar refractivity (Wildman–Crippen MR) is 106 cm³/mol. The fraction of sp³-hybridized carbons (Fsp3) is 0.200. The van der Waals surface area contributed by atoms with Gasteiger partial charge in [0.05, 0.1) is 17.3 Å². The number of methoxy groups -OCH3 is 1. The fourth-order valence-electron chi connectivity index (χ4n) is 2.87. The molecule has 1 aliphatic rings. The molecule has 0 aliphatic heterocycles. The Bertz CT molecular complexity index is 1160. The van der Waals surface area contributed by atoms with Gasteiger partial charge < -0.3 is 9.26 Å². The molecule has 7 nitrogen and oxygen atoms in total. The number of benzene rings is 2. The van der Waals surface area contributed by atoms with Gasteiger partial charge in [0.25, 0.3) is 5.91 Å². The Kier molecular flexibility index (Phi) is 4.05. The maximum absolute atomic E-state index is 12.5. The Morgan fingerprint density at radius 1 is 1.18 bits per heavy atom. The van der Waals surface area contributed by atoms with E-state index in [0.29, 0.717) is 28.3 Å². The highest BCUT2D eigenvalue weighted by molar-refractivity contribution is 7.22. The summed E-state index contributed by atoms with van der Waals surface area (Å²) >= 11 is 1.41. The van der Waals surface area contributed by atoms with Crippen LogP contribution in [0, 0.1) is 0 Å². The molecule has 1 fully saturated rings. The zero-order valence-corrected chi connectivity index (χ0v) is 15.8. The number of carbonyl (C=O) groups is 1. The topological polar surface area (TPSA) is 90.1 Å². The summed E-state index contributed by atoms with van der Waals surface area (Å²) in [5.41, 5.74) is 2.17. The average Bonchev–Trinajstić information content (AvgIpc) is 3.31. The van der Waals surface area contributed by atoms with Gasteiger partial charge in [0, 0.05) is 17.0 Å². The van der Waals surface area contributed by atoms with E-state index in [1.54, 1.807) is 19.2 Å². The molecule has 28 heavy (non-hydrogen) atoms. The van der Waals surface area contributed by atoms with E-state index in [1.807, 2.05) is 30.3 Å². The van der Waals surface area contributed by atoms with Gasteiger partial charge in [-0.1, -0.05) is 28.6 Å². The van der Waals surface area contributed by atoms with Crippen molar-refractivity contribution in [2.45, 2.75) is 18.8 Å². The molecule has 140 valence electrons. The van der Waals surface area contributed by atoms with Crippen LogP contribution < -0.4 is 10.1 Å². The minimum Gasteiger partial charge on any atom is -0.497 e. The number of ether oxygens (including phenoxy) is 1. The van der Waals surface area contributed by atoms with Gasteiger partial charge in [-0.2, -0.15) is 4.98 Å². The molecule has 0 bridgehead atoms. The minimum atomic E-state index is -0.218. The first-order valence-electron chi connectivity index (χ1n) is 8.89. The normalized spacial score (nSPS) is 13.6. The van der Waals surface area contributed by atoms with Crippen LogP contribution in [0.5, 0.6) is 5.75 Å². The zero-order valence-electron chi connectivity index (χ0n) is 15.0. The molecule has 8 heteroatoms. The highest BCUT2D eigenvalue weighted by Gasteiger charge is 2.29. The molecular weight excluding hydrogens is 376 g/mol. The van der Waals surface area contributed by atoms with Crippen LogP contribution in [0.3, 0.4) is 0 Å². The molecule has 0 spiro atoms. The number of amides is 1. The molecule has 2 aromatic carbocycles. The summed E-state index contributed by atoms with van der Waals surface area (Å²) in [4.78, 5) is 21.4. The molecule has 0 saturated heterocycles. The second-order valence-corrected chi connectivity index (χ2v) is 7.65. The quantitative estimate of drug-likeness (QED) is 0.538. The van der Waals surface area contributed by atoms with E-state index >= 15 is 0 Å². The van der Waals surface area contributed by atoms with E-state index in [2.05, 4.69) is 20.4 Å². The third-order valence-electron chi connectivity index (χ3n) is 4.59. The second kappa shape index (κ2) is 6.72. The second-order valence-electron chi connectivity index (χ2n) is 6.61. The van der Waals surface area contributed by atoms with E-state index in [1.165, 1.54) is 11.3 Å². The lowest BCUT2D eigenvalue weighted by molar-refractivity contribution is 0.102. The van der Waals surface area contributed by atoms with Gasteiger partial charge in [-0.05, 0) is 43.2 Å². The van der Waals surface area contributed by atoms with E-state index in [-0.39, 0.29) is 5.91 Å². The summed E-state index contributed by atoms with van der Waals surface area (Å²) < 4.78 is 11.5. The molecule has 1 saturated carbocycles. The van der Waals surface area contributed by atoms with Crippen molar-refractivity contribution in [1.29, 1.82) is 0 Å². The van der Waals surface area contributed by atoms with E-state index < -0.39 is 0 Å². The van der Waals surface area contributed by atoms with Gasteiger partial charge in [-0.15, -0.1) is 0 Å². The number of carbonyl (C=O) groups excluding carboxylic acids is 1. The molecule has 4 aromatic rings. The molecular formula is C20H16N4O3S. The molecule has 1 amide bonds. The van der Waals surface area contributed by atoms with Crippen LogP contribution in [0.2, 0.25) is 0 Å². The number of aromatic nitrogens is 3. The van der Waals surface area contributed by atoms with Gasteiger partial charge in [0.1, 0.15) is 5.75 Å². The highest BCUT2D eigenvalue weighted by atomic mass is 32.1. The summed E-state index contributed by atoms with van der Waals surface area (Å²) in [7, 11) is 1.62. The fourth-order valence-corrected chi connectivity index (χ4v) is 3.76. The Morgan fingerprint density at radius 2 is 2.00 bits per heavy atom. The predicted octanol–water partition coefficient (Wildman–Crippen LogP) is 4.48. The van der Waals surface area contributed by atoms with E-state index in [0.717, 1.165) is 34.4 Å². The van der Waals surface area contributed by atoms with Crippen LogP contribution in [0.25, 0.3) is 21.6 Å². The standard InChI is InChI=1S/C20H16N4O3S/c1-26-14-8-9-15-16(10-14)28-20(21-15)23-18(25)12-4-2-11(3-5-12)17-22-19(27-24-17)13-6-7-13/h2-5,8-10,13H,6-7H2,1H3,(H,21,23,25). The summed E-state index contributed by atoms with van der Waals surface area (Å²) in [6, 6.07) is 12.7. The van der Waals surface area contributed by atoms with Crippen LogP contribution in [0.1, 0.15) is 35.0 Å². The molecule has 5 rings (SSSR count). The van der Waals surface area contributed by atoms with Gasteiger partial charge >= 0.3 is 0 Å². The number of nitrogens with zero attached hydrogens (tertiary/aromatic N) is 3. The number of nitrogens with one attached hydrogen (secondary N) is 1. The van der Waals surface area contributed by atoms with Crippen LogP contribution in [-0.4, -0.2) is 28.1 Å². The lowest BCUT2D eigenvalue weighted by atomic mass is 10.1.